The maximum atomic E-state index is 12.8. The van der Waals surface area contributed by atoms with Crippen molar-refractivity contribution >= 4 is 6.09 Å². The molecule has 7 heteroatoms. The van der Waals surface area contributed by atoms with Gasteiger partial charge in [0.25, 0.3) is 0 Å². The number of nitrogens with one attached hydrogen (secondary N) is 1. The summed E-state index contributed by atoms with van der Waals surface area (Å²) in [5.41, 5.74) is 5.24. The van der Waals surface area contributed by atoms with Crippen LogP contribution in [0.25, 0.3) is 0 Å². The number of fused-ring (bicyclic) bond motifs is 1. The lowest BCUT2D eigenvalue weighted by atomic mass is 9.53. The van der Waals surface area contributed by atoms with Crippen molar-refractivity contribution in [3.8, 4) is 0 Å². The van der Waals surface area contributed by atoms with Crippen LogP contribution in [0.5, 0.6) is 0 Å². The van der Waals surface area contributed by atoms with Crippen LogP contribution in [0, 0.1) is 12.3 Å². The fourth-order valence-corrected chi connectivity index (χ4v) is 8.79. The van der Waals surface area contributed by atoms with Crippen molar-refractivity contribution in [1.82, 2.24) is 24.7 Å². The standard InChI is InChI=1S/C36H47N5O2/c1-25-37-30-16-19-39(23-26-11-7-5-8-12-26)24-31(30)41(25)28-21-33-36(22-28)18-15-32(36)40(33)20-17-29(27-13-9-6-10-14-27)38-34(42)43-35(2,3)4/h5-14,28-29,32-33H,15-24H2,1-4H3,(H,38,42)/t28?,29-,32?,33?,36?/m0/s1. The SMILES string of the molecule is Cc1nc2c(n1C1CC3N(CC[C@H](NC(=O)OC(C)(C)C)c4ccccc4)C4CCC43C1)CN(Cc1ccccc1)CC2. The zero-order valence-corrected chi connectivity index (χ0v) is 26.3. The Balaban J connectivity index is 1.04. The summed E-state index contributed by atoms with van der Waals surface area (Å²) in [7, 11) is 0. The van der Waals surface area contributed by atoms with Gasteiger partial charge in [0.05, 0.1) is 17.4 Å². The van der Waals surface area contributed by atoms with Gasteiger partial charge in [-0.3, -0.25) is 9.80 Å². The molecule has 2 aliphatic heterocycles. The Kier molecular flexibility index (Phi) is 7.37. The molecule has 4 unspecified atom stereocenters. The minimum Gasteiger partial charge on any atom is -0.444 e. The number of amides is 1. The Morgan fingerprint density at radius 2 is 1.84 bits per heavy atom. The van der Waals surface area contributed by atoms with E-state index in [4.69, 9.17) is 9.72 Å². The van der Waals surface area contributed by atoms with E-state index in [0.29, 0.717) is 23.5 Å². The molecule has 7 rings (SSSR count). The lowest BCUT2D eigenvalue weighted by Crippen LogP contribution is -2.74. The number of nitrogens with zero attached hydrogens (tertiary/aromatic N) is 4. The summed E-state index contributed by atoms with van der Waals surface area (Å²) >= 11 is 0. The van der Waals surface area contributed by atoms with Gasteiger partial charge in [0.1, 0.15) is 11.4 Å². The van der Waals surface area contributed by atoms with Crippen LogP contribution in [0.4, 0.5) is 4.79 Å². The van der Waals surface area contributed by atoms with Crippen molar-refractivity contribution < 1.29 is 9.53 Å². The van der Waals surface area contributed by atoms with Crippen molar-refractivity contribution in [3.05, 3.63) is 89.0 Å². The van der Waals surface area contributed by atoms with Crippen LogP contribution in [0.2, 0.25) is 0 Å². The average Bonchev–Trinajstić information content (AvgIpc) is 3.50. The van der Waals surface area contributed by atoms with Crippen molar-refractivity contribution in [1.29, 1.82) is 0 Å². The smallest absolute Gasteiger partial charge is 0.408 e. The van der Waals surface area contributed by atoms with Gasteiger partial charge in [0.15, 0.2) is 0 Å². The molecule has 1 aromatic heterocycles. The molecule has 0 radical (unpaired) electrons. The first-order chi connectivity index (χ1) is 20.7. The minimum absolute atomic E-state index is 0.0677. The van der Waals surface area contributed by atoms with Gasteiger partial charge in [-0.25, -0.2) is 9.78 Å². The fraction of sp³-hybridized carbons (Fsp3) is 0.556. The highest BCUT2D eigenvalue weighted by Crippen LogP contribution is 2.67. The topological polar surface area (TPSA) is 62.6 Å². The zero-order chi connectivity index (χ0) is 29.8. The molecule has 228 valence electrons. The Bertz CT molecular complexity index is 1450. The molecule has 0 bridgehead atoms. The molecule has 1 N–H and O–H groups in total. The van der Waals surface area contributed by atoms with E-state index in [0.717, 1.165) is 44.6 Å². The van der Waals surface area contributed by atoms with E-state index in [-0.39, 0.29) is 12.1 Å². The summed E-state index contributed by atoms with van der Waals surface area (Å²) in [4.78, 5) is 23.2. The summed E-state index contributed by atoms with van der Waals surface area (Å²) < 4.78 is 8.27. The maximum Gasteiger partial charge on any atom is 0.408 e. The van der Waals surface area contributed by atoms with Crippen LogP contribution in [0.3, 0.4) is 0 Å². The van der Waals surface area contributed by atoms with Gasteiger partial charge >= 0.3 is 6.09 Å². The molecule has 2 saturated carbocycles. The largest absolute Gasteiger partial charge is 0.444 e. The van der Waals surface area contributed by atoms with Crippen LogP contribution in [-0.4, -0.2) is 56.2 Å². The third-order valence-corrected chi connectivity index (χ3v) is 10.6. The molecule has 3 heterocycles. The first-order valence-corrected chi connectivity index (χ1v) is 16.3. The second-order valence-electron chi connectivity index (χ2n) is 14.4. The van der Waals surface area contributed by atoms with Gasteiger partial charge in [0, 0.05) is 56.1 Å². The number of ether oxygens (including phenoxy) is 1. The molecule has 5 atom stereocenters. The van der Waals surface area contributed by atoms with Crippen molar-refractivity contribution in [2.45, 2.75) is 109 Å². The summed E-state index contributed by atoms with van der Waals surface area (Å²) in [5.74, 6) is 1.20. The van der Waals surface area contributed by atoms with Crippen LogP contribution >= 0.6 is 0 Å². The number of alkyl carbamates (subject to hydrolysis) is 1. The molecular weight excluding hydrogens is 534 g/mol. The van der Waals surface area contributed by atoms with Gasteiger partial charge in [0.2, 0.25) is 0 Å². The molecule has 1 amide bonds. The Labute approximate surface area is 256 Å². The minimum atomic E-state index is -0.517. The number of piperidine rings is 1. The van der Waals surface area contributed by atoms with E-state index in [1.54, 1.807) is 0 Å². The van der Waals surface area contributed by atoms with Crippen molar-refractivity contribution in [3.63, 3.8) is 0 Å². The summed E-state index contributed by atoms with van der Waals surface area (Å²) in [5, 5.41) is 3.18. The molecule has 3 aromatic rings. The number of likely N-dealkylation sites (tertiary alicyclic amines) is 1. The monoisotopic (exact) mass is 581 g/mol. The average molecular weight is 582 g/mol. The molecule has 43 heavy (non-hydrogen) atoms. The second kappa shape index (κ2) is 11.1. The third-order valence-electron chi connectivity index (χ3n) is 10.6. The lowest BCUT2D eigenvalue weighted by Gasteiger charge is -2.68. The van der Waals surface area contributed by atoms with Gasteiger partial charge in [-0.1, -0.05) is 60.7 Å². The van der Waals surface area contributed by atoms with Gasteiger partial charge in [-0.05, 0) is 70.9 Å². The van der Waals surface area contributed by atoms with Crippen LogP contribution in [0.1, 0.15) is 93.3 Å². The lowest BCUT2D eigenvalue weighted by molar-refractivity contribution is -0.188. The summed E-state index contributed by atoms with van der Waals surface area (Å²) in [6.45, 7) is 12.0. The molecule has 7 nitrogen and oxygen atoms in total. The van der Waals surface area contributed by atoms with Crippen molar-refractivity contribution in [2.24, 2.45) is 5.41 Å². The van der Waals surface area contributed by atoms with Crippen LogP contribution in [0.15, 0.2) is 60.7 Å². The van der Waals surface area contributed by atoms with Gasteiger partial charge < -0.3 is 14.6 Å². The predicted molar refractivity (Wildman–Crippen MR) is 169 cm³/mol. The second-order valence-corrected chi connectivity index (χ2v) is 14.4. The number of carbonyl (C=O) groups is 1. The normalized spacial score (nSPS) is 27.3. The summed E-state index contributed by atoms with van der Waals surface area (Å²) in [6, 6.07) is 23.0. The number of aromatic nitrogens is 2. The Hall–Kier alpha value is -3.16. The highest BCUT2D eigenvalue weighted by molar-refractivity contribution is 5.68. The molecule has 4 aliphatic rings. The van der Waals surface area contributed by atoms with Crippen LogP contribution < -0.4 is 5.32 Å². The first-order valence-electron chi connectivity index (χ1n) is 16.3. The highest BCUT2D eigenvalue weighted by atomic mass is 16.6. The predicted octanol–water partition coefficient (Wildman–Crippen LogP) is 6.57. The first kappa shape index (κ1) is 28.6. The van der Waals surface area contributed by atoms with Crippen molar-refractivity contribution in [2.75, 3.05) is 13.1 Å². The number of benzene rings is 2. The number of hydrogen-bond acceptors (Lipinski definition) is 5. The van der Waals surface area contributed by atoms with E-state index < -0.39 is 5.60 Å². The van der Waals surface area contributed by atoms with Gasteiger partial charge in [-0.15, -0.1) is 0 Å². The van der Waals surface area contributed by atoms with Gasteiger partial charge in [-0.2, -0.15) is 0 Å². The quantitative estimate of drug-likeness (QED) is 0.326. The summed E-state index contributed by atoms with van der Waals surface area (Å²) in [6.07, 6.45) is 6.70. The molecular formula is C36H47N5O2. The number of hydrogen-bond donors (Lipinski definition) is 1. The third kappa shape index (κ3) is 5.40. The van der Waals surface area contributed by atoms with E-state index in [1.807, 2.05) is 26.8 Å². The molecule has 3 fully saturated rings. The number of imidazole rings is 1. The van der Waals surface area contributed by atoms with E-state index in [2.05, 4.69) is 81.2 Å². The number of carbonyl (C=O) groups excluding carboxylic acids is 1. The fourth-order valence-electron chi connectivity index (χ4n) is 8.79. The number of rotatable bonds is 8. The Morgan fingerprint density at radius 3 is 2.53 bits per heavy atom. The molecule has 2 aliphatic carbocycles. The molecule has 1 saturated heterocycles. The van der Waals surface area contributed by atoms with E-state index >= 15 is 0 Å². The van der Waals surface area contributed by atoms with E-state index in [9.17, 15) is 4.79 Å². The van der Waals surface area contributed by atoms with E-state index in [1.165, 1.54) is 48.5 Å². The highest BCUT2D eigenvalue weighted by Gasteiger charge is 2.69. The van der Waals surface area contributed by atoms with Crippen LogP contribution in [-0.2, 0) is 24.2 Å². The Morgan fingerprint density at radius 1 is 1.09 bits per heavy atom. The molecule has 1 spiro atoms. The zero-order valence-electron chi connectivity index (χ0n) is 26.3. The number of aryl methyl sites for hydroxylation is 1. The molecule has 2 aromatic carbocycles. The maximum absolute atomic E-state index is 12.8.